The summed E-state index contributed by atoms with van der Waals surface area (Å²) in [5.41, 5.74) is 3.23. The summed E-state index contributed by atoms with van der Waals surface area (Å²) in [5.74, 6) is 1.72. The molecule has 3 nitrogen and oxygen atoms in total. The fraction of sp³-hybridized carbons (Fsp3) is 0.308. The third kappa shape index (κ3) is 1.81. The van der Waals surface area contributed by atoms with E-state index < -0.39 is 0 Å². The monoisotopic (exact) mass is 217 g/mol. The molecule has 0 atom stereocenters. The van der Waals surface area contributed by atoms with Gasteiger partial charge in [-0.15, -0.1) is 0 Å². The minimum atomic E-state index is 0.857. The molecule has 0 N–H and O–H groups in total. The molecule has 84 valence electrons. The van der Waals surface area contributed by atoms with E-state index in [9.17, 15) is 0 Å². The number of rotatable bonds is 3. The van der Waals surface area contributed by atoms with Gasteiger partial charge in [0, 0.05) is 5.56 Å². The summed E-state index contributed by atoms with van der Waals surface area (Å²) in [6.45, 7) is 4.01. The quantitative estimate of drug-likeness (QED) is 0.791. The number of benzene rings is 1. The molecule has 1 heterocycles. The average molecular weight is 217 g/mol. The molecule has 0 radical (unpaired) electrons. The maximum atomic E-state index is 5.22. The second-order valence-corrected chi connectivity index (χ2v) is 3.64. The molecular weight excluding hydrogens is 202 g/mol. The van der Waals surface area contributed by atoms with Gasteiger partial charge in [0.15, 0.2) is 0 Å². The lowest BCUT2D eigenvalue weighted by atomic mass is 10.0. The topological polar surface area (TPSA) is 35.3 Å². The summed E-state index contributed by atoms with van der Waals surface area (Å²) in [6, 6.07) is 7.94. The Morgan fingerprint density at radius 3 is 2.50 bits per heavy atom. The van der Waals surface area contributed by atoms with Crippen molar-refractivity contribution in [1.29, 1.82) is 0 Å². The van der Waals surface area contributed by atoms with Gasteiger partial charge in [0.2, 0.25) is 0 Å². The Labute approximate surface area is 95.0 Å². The molecule has 0 aliphatic rings. The lowest BCUT2D eigenvalue weighted by Crippen LogP contribution is -1.87. The normalized spacial score (nSPS) is 10.4. The van der Waals surface area contributed by atoms with Crippen molar-refractivity contribution in [3.05, 3.63) is 35.7 Å². The Kier molecular flexibility index (Phi) is 2.95. The van der Waals surface area contributed by atoms with Crippen molar-refractivity contribution in [1.82, 2.24) is 5.16 Å². The Morgan fingerprint density at radius 1 is 1.25 bits per heavy atom. The summed E-state index contributed by atoms with van der Waals surface area (Å²) in [4.78, 5) is 0. The highest BCUT2D eigenvalue weighted by Gasteiger charge is 2.12. The summed E-state index contributed by atoms with van der Waals surface area (Å²) in [5, 5.41) is 4.05. The molecule has 1 aromatic carbocycles. The van der Waals surface area contributed by atoms with Crippen LogP contribution in [0.3, 0.4) is 0 Å². The van der Waals surface area contributed by atoms with E-state index in [0.717, 1.165) is 34.8 Å². The van der Waals surface area contributed by atoms with Crippen LogP contribution >= 0.6 is 0 Å². The van der Waals surface area contributed by atoms with Crippen LogP contribution in [-0.2, 0) is 6.42 Å². The van der Waals surface area contributed by atoms with Crippen LogP contribution in [-0.4, -0.2) is 12.3 Å². The van der Waals surface area contributed by atoms with Crippen molar-refractivity contribution < 1.29 is 9.26 Å². The van der Waals surface area contributed by atoms with E-state index in [1.54, 1.807) is 7.11 Å². The van der Waals surface area contributed by atoms with E-state index in [1.807, 2.05) is 31.2 Å². The van der Waals surface area contributed by atoms with Crippen LogP contribution < -0.4 is 4.74 Å². The maximum Gasteiger partial charge on any atom is 0.141 e. The first-order valence-electron chi connectivity index (χ1n) is 5.35. The van der Waals surface area contributed by atoms with E-state index >= 15 is 0 Å². The van der Waals surface area contributed by atoms with Crippen LogP contribution in [0, 0.1) is 6.92 Å². The van der Waals surface area contributed by atoms with Crippen LogP contribution in [0.2, 0.25) is 0 Å². The predicted octanol–water partition coefficient (Wildman–Crippen LogP) is 3.22. The summed E-state index contributed by atoms with van der Waals surface area (Å²) in [6.07, 6.45) is 0.874. The smallest absolute Gasteiger partial charge is 0.141 e. The Balaban J connectivity index is 2.45. The molecule has 2 rings (SSSR count). The van der Waals surface area contributed by atoms with Gasteiger partial charge >= 0.3 is 0 Å². The summed E-state index contributed by atoms with van der Waals surface area (Å²) >= 11 is 0. The fourth-order valence-electron chi connectivity index (χ4n) is 1.79. The van der Waals surface area contributed by atoms with E-state index in [4.69, 9.17) is 9.26 Å². The predicted molar refractivity (Wildman–Crippen MR) is 62.6 cm³/mol. The highest BCUT2D eigenvalue weighted by atomic mass is 16.5. The van der Waals surface area contributed by atoms with Gasteiger partial charge in [-0.3, -0.25) is 0 Å². The van der Waals surface area contributed by atoms with Crippen LogP contribution in [0.25, 0.3) is 11.1 Å². The van der Waals surface area contributed by atoms with Crippen molar-refractivity contribution in [3.63, 3.8) is 0 Å². The average Bonchev–Trinajstić information content (AvgIpc) is 2.70. The van der Waals surface area contributed by atoms with Gasteiger partial charge in [0.1, 0.15) is 11.5 Å². The number of aromatic nitrogens is 1. The first kappa shape index (κ1) is 10.7. The molecule has 2 aromatic rings. The standard InChI is InChI=1S/C13H15NO2/c1-4-12-13(9(2)16-14-12)10-5-7-11(15-3)8-6-10/h5-8H,4H2,1-3H3. The highest BCUT2D eigenvalue weighted by Crippen LogP contribution is 2.28. The van der Waals surface area contributed by atoms with Crippen LogP contribution in [0.5, 0.6) is 5.75 Å². The lowest BCUT2D eigenvalue weighted by Gasteiger charge is -2.03. The van der Waals surface area contributed by atoms with Gasteiger partial charge in [-0.05, 0) is 31.0 Å². The van der Waals surface area contributed by atoms with Gasteiger partial charge in [-0.2, -0.15) is 0 Å². The van der Waals surface area contributed by atoms with Gasteiger partial charge in [0.25, 0.3) is 0 Å². The zero-order valence-corrected chi connectivity index (χ0v) is 9.78. The second-order valence-electron chi connectivity index (χ2n) is 3.64. The third-order valence-electron chi connectivity index (χ3n) is 2.65. The van der Waals surface area contributed by atoms with Gasteiger partial charge in [-0.25, -0.2) is 0 Å². The molecule has 0 fully saturated rings. The van der Waals surface area contributed by atoms with Gasteiger partial charge < -0.3 is 9.26 Å². The lowest BCUT2D eigenvalue weighted by molar-refractivity contribution is 0.391. The molecule has 0 amide bonds. The van der Waals surface area contributed by atoms with E-state index in [2.05, 4.69) is 12.1 Å². The van der Waals surface area contributed by atoms with Crippen molar-refractivity contribution in [3.8, 4) is 16.9 Å². The first-order chi connectivity index (χ1) is 7.76. The molecule has 0 bridgehead atoms. The number of hydrogen-bond acceptors (Lipinski definition) is 3. The largest absolute Gasteiger partial charge is 0.497 e. The summed E-state index contributed by atoms with van der Waals surface area (Å²) < 4.78 is 10.4. The molecule has 1 aromatic heterocycles. The van der Waals surface area contributed by atoms with Crippen LogP contribution in [0.15, 0.2) is 28.8 Å². The van der Waals surface area contributed by atoms with E-state index in [-0.39, 0.29) is 0 Å². The van der Waals surface area contributed by atoms with Crippen molar-refractivity contribution >= 4 is 0 Å². The molecule has 0 saturated heterocycles. The fourth-order valence-corrected chi connectivity index (χ4v) is 1.79. The van der Waals surface area contributed by atoms with Crippen molar-refractivity contribution in [2.24, 2.45) is 0 Å². The van der Waals surface area contributed by atoms with Gasteiger partial charge in [-0.1, -0.05) is 24.2 Å². The zero-order chi connectivity index (χ0) is 11.5. The number of ether oxygens (including phenoxy) is 1. The van der Waals surface area contributed by atoms with Crippen molar-refractivity contribution in [2.75, 3.05) is 7.11 Å². The highest BCUT2D eigenvalue weighted by molar-refractivity contribution is 5.68. The van der Waals surface area contributed by atoms with E-state index in [0.29, 0.717) is 0 Å². The maximum absolute atomic E-state index is 5.22. The minimum absolute atomic E-state index is 0.857. The molecule has 0 saturated carbocycles. The number of methoxy groups -OCH3 is 1. The molecule has 0 spiro atoms. The molecule has 0 aliphatic carbocycles. The zero-order valence-electron chi connectivity index (χ0n) is 9.78. The Bertz CT molecular complexity index is 471. The number of nitrogens with zero attached hydrogens (tertiary/aromatic N) is 1. The molecular formula is C13H15NO2. The minimum Gasteiger partial charge on any atom is -0.497 e. The molecule has 0 aliphatic heterocycles. The number of aryl methyl sites for hydroxylation is 2. The third-order valence-corrected chi connectivity index (χ3v) is 2.65. The van der Waals surface area contributed by atoms with Gasteiger partial charge in [0.05, 0.1) is 12.8 Å². The Morgan fingerprint density at radius 2 is 1.94 bits per heavy atom. The van der Waals surface area contributed by atoms with Crippen molar-refractivity contribution in [2.45, 2.75) is 20.3 Å². The van der Waals surface area contributed by atoms with Crippen LogP contribution in [0.4, 0.5) is 0 Å². The molecule has 0 unspecified atom stereocenters. The molecule has 16 heavy (non-hydrogen) atoms. The van der Waals surface area contributed by atoms with E-state index in [1.165, 1.54) is 0 Å². The summed E-state index contributed by atoms with van der Waals surface area (Å²) in [7, 11) is 1.66. The SMILES string of the molecule is CCc1noc(C)c1-c1ccc(OC)cc1. The number of hydrogen-bond donors (Lipinski definition) is 0. The Hall–Kier alpha value is -1.77. The second kappa shape index (κ2) is 4.39. The molecule has 3 heteroatoms. The van der Waals surface area contributed by atoms with Crippen LogP contribution in [0.1, 0.15) is 18.4 Å². The first-order valence-corrected chi connectivity index (χ1v) is 5.35.